The molecule has 0 radical (unpaired) electrons. The maximum atomic E-state index is 12.6. The van der Waals surface area contributed by atoms with Gasteiger partial charge in [-0.15, -0.1) is 11.8 Å². The van der Waals surface area contributed by atoms with Crippen LogP contribution in [0.15, 0.2) is 35.2 Å². The molecule has 0 aliphatic heterocycles. The predicted octanol–water partition coefficient (Wildman–Crippen LogP) is 4.96. The molecule has 0 amide bonds. The summed E-state index contributed by atoms with van der Waals surface area (Å²) in [5.41, 5.74) is -1.12. The van der Waals surface area contributed by atoms with Gasteiger partial charge in [0.05, 0.1) is 18.4 Å². The average molecular weight is 393 g/mol. The third-order valence-corrected chi connectivity index (χ3v) is 6.73. The topological polar surface area (TPSA) is 52.6 Å². The van der Waals surface area contributed by atoms with E-state index in [4.69, 9.17) is 9.47 Å². The fourth-order valence-corrected chi connectivity index (χ4v) is 5.07. The first-order valence-corrected chi connectivity index (χ1v) is 10.6. The van der Waals surface area contributed by atoms with Gasteiger partial charge in [0.15, 0.2) is 0 Å². The summed E-state index contributed by atoms with van der Waals surface area (Å²) in [7, 11) is 1.43. The zero-order valence-electron chi connectivity index (χ0n) is 17.3. The van der Waals surface area contributed by atoms with Crippen LogP contribution in [0.1, 0.15) is 47.5 Å². The number of benzene rings is 1. The van der Waals surface area contributed by atoms with E-state index in [2.05, 4.69) is 12.1 Å². The van der Waals surface area contributed by atoms with E-state index in [1.807, 2.05) is 52.8 Å². The van der Waals surface area contributed by atoms with Crippen molar-refractivity contribution in [3.63, 3.8) is 0 Å². The van der Waals surface area contributed by atoms with Crippen LogP contribution in [0, 0.1) is 23.2 Å². The van der Waals surface area contributed by atoms with Crippen molar-refractivity contribution in [3.05, 3.63) is 30.3 Å². The third kappa shape index (κ3) is 5.28. The van der Waals surface area contributed by atoms with Crippen LogP contribution in [-0.2, 0) is 19.1 Å². The van der Waals surface area contributed by atoms with Gasteiger partial charge in [-0.3, -0.25) is 9.59 Å². The van der Waals surface area contributed by atoms with E-state index in [-0.39, 0.29) is 29.7 Å². The number of methoxy groups -OCH3 is 1. The molecule has 1 aliphatic rings. The Hall–Kier alpha value is -1.49. The summed E-state index contributed by atoms with van der Waals surface area (Å²) in [6.07, 6.45) is 1.62. The highest BCUT2D eigenvalue weighted by Crippen LogP contribution is 2.49. The van der Waals surface area contributed by atoms with E-state index in [1.54, 1.807) is 11.8 Å². The summed E-state index contributed by atoms with van der Waals surface area (Å²) in [6.45, 7) is 9.56. The van der Waals surface area contributed by atoms with Gasteiger partial charge in [0.1, 0.15) is 5.60 Å². The number of esters is 2. The molecule has 4 unspecified atom stereocenters. The average Bonchev–Trinajstić information content (AvgIpc) is 2.94. The van der Waals surface area contributed by atoms with E-state index >= 15 is 0 Å². The summed E-state index contributed by atoms with van der Waals surface area (Å²) in [4.78, 5) is 25.9. The lowest BCUT2D eigenvalue weighted by atomic mass is 9.81. The lowest BCUT2D eigenvalue weighted by Gasteiger charge is -2.37. The van der Waals surface area contributed by atoms with Crippen LogP contribution in [0.25, 0.3) is 0 Å². The molecular formula is C22H32O4S. The first-order valence-electron chi connectivity index (χ1n) is 9.57. The fourth-order valence-electron chi connectivity index (χ4n) is 3.75. The monoisotopic (exact) mass is 392 g/mol. The summed E-state index contributed by atoms with van der Waals surface area (Å²) < 4.78 is 11.0. The molecule has 150 valence electrons. The lowest BCUT2D eigenvalue weighted by molar-refractivity contribution is -0.172. The number of carbonyl (C=O) groups excluding carboxylic acids is 2. The predicted molar refractivity (Wildman–Crippen MR) is 109 cm³/mol. The van der Waals surface area contributed by atoms with Crippen LogP contribution in [0.5, 0.6) is 0 Å². The summed E-state index contributed by atoms with van der Waals surface area (Å²) in [5.74, 6) is 0.414. The van der Waals surface area contributed by atoms with Crippen LogP contribution in [0.4, 0.5) is 0 Å². The Balaban J connectivity index is 2.23. The van der Waals surface area contributed by atoms with Crippen LogP contribution >= 0.6 is 11.8 Å². The molecule has 1 aromatic rings. The number of carbonyl (C=O) groups is 2. The number of hydrogen-bond donors (Lipinski definition) is 0. The maximum Gasteiger partial charge on any atom is 0.311 e. The summed E-state index contributed by atoms with van der Waals surface area (Å²) in [5, 5.41) is 0. The highest BCUT2D eigenvalue weighted by Gasteiger charge is 2.51. The maximum absolute atomic E-state index is 12.6. The summed E-state index contributed by atoms with van der Waals surface area (Å²) in [6, 6.07) is 10.2. The fraction of sp³-hybridized carbons (Fsp3) is 0.636. The Morgan fingerprint density at radius 1 is 1.26 bits per heavy atom. The van der Waals surface area contributed by atoms with Gasteiger partial charge in [0.25, 0.3) is 0 Å². The Morgan fingerprint density at radius 3 is 2.44 bits per heavy atom. The lowest BCUT2D eigenvalue weighted by Crippen LogP contribution is -2.43. The van der Waals surface area contributed by atoms with Crippen molar-refractivity contribution in [2.45, 2.75) is 58.0 Å². The number of thioether (sulfide) groups is 1. The van der Waals surface area contributed by atoms with Crippen molar-refractivity contribution in [1.29, 1.82) is 0 Å². The first-order chi connectivity index (χ1) is 12.6. The second-order valence-corrected chi connectivity index (χ2v) is 9.79. The van der Waals surface area contributed by atoms with Gasteiger partial charge in [-0.25, -0.2) is 0 Å². The first kappa shape index (κ1) is 21.8. The quantitative estimate of drug-likeness (QED) is 0.506. The van der Waals surface area contributed by atoms with Gasteiger partial charge in [-0.1, -0.05) is 25.1 Å². The third-order valence-electron chi connectivity index (χ3n) is 5.60. The molecule has 4 atom stereocenters. The summed E-state index contributed by atoms with van der Waals surface area (Å²) >= 11 is 1.75. The molecule has 0 bridgehead atoms. The van der Waals surface area contributed by atoms with E-state index in [0.717, 1.165) is 18.6 Å². The van der Waals surface area contributed by atoms with Crippen LogP contribution in [0.3, 0.4) is 0 Å². The zero-order chi connectivity index (χ0) is 20.2. The van der Waals surface area contributed by atoms with E-state index in [1.165, 1.54) is 12.0 Å². The molecule has 0 heterocycles. The zero-order valence-corrected chi connectivity index (χ0v) is 18.1. The Kier molecular flexibility index (Phi) is 7.01. The smallest absolute Gasteiger partial charge is 0.311 e. The van der Waals surface area contributed by atoms with Gasteiger partial charge < -0.3 is 9.47 Å². The standard InChI is InChI=1S/C22H32O4S/c1-15(19(23)25-6)17-12-13-22(5,26-20(24)21(2,3)4)18(17)14-27-16-10-8-7-9-11-16/h7-11,15,17-18H,12-14H2,1-6H3. The van der Waals surface area contributed by atoms with Crippen molar-refractivity contribution in [2.75, 3.05) is 12.9 Å². The molecule has 1 aliphatic carbocycles. The number of hydrogen-bond acceptors (Lipinski definition) is 5. The second-order valence-electron chi connectivity index (χ2n) is 8.70. The molecule has 0 saturated heterocycles. The molecule has 0 aromatic heterocycles. The van der Waals surface area contributed by atoms with Crippen molar-refractivity contribution < 1.29 is 19.1 Å². The van der Waals surface area contributed by atoms with Crippen molar-refractivity contribution in [2.24, 2.45) is 23.2 Å². The van der Waals surface area contributed by atoms with E-state index in [0.29, 0.717) is 0 Å². The molecule has 1 aromatic carbocycles. The normalized spacial score (nSPS) is 26.4. The SMILES string of the molecule is COC(=O)C(C)C1CCC(C)(OC(=O)C(C)(C)C)C1CSc1ccccc1. The van der Waals surface area contributed by atoms with E-state index in [9.17, 15) is 9.59 Å². The molecule has 1 fully saturated rings. The van der Waals surface area contributed by atoms with Gasteiger partial charge in [-0.2, -0.15) is 0 Å². The molecule has 0 N–H and O–H groups in total. The minimum absolute atomic E-state index is 0.0862. The highest BCUT2D eigenvalue weighted by molar-refractivity contribution is 7.99. The van der Waals surface area contributed by atoms with Crippen LogP contribution in [0.2, 0.25) is 0 Å². The molecule has 27 heavy (non-hydrogen) atoms. The Bertz CT molecular complexity index is 652. The van der Waals surface area contributed by atoms with Gasteiger partial charge >= 0.3 is 11.9 Å². The van der Waals surface area contributed by atoms with Crippen molar-refractivity contribution in [3.8, 4) is 0 Å². The van der Waals surface area contributed by atoms with Crippen LogP contribution in [-0.4, -0.2) is 30.4 Å². The molecular weight excluding hydrogens is 360 g/mol. The minimum Gasteiger partial charge on any atom is -0.469 e. The van der Waals surface area contributed by atoms with Gasteiger partial charge in [-0.05, 0) is 58.6 Å². The molecule has 0 spiro atoms. The second kappa shape index (κ2) is 8.68. The highest BCUT2D eigenvalue weighted by atomic mass is 32.2. The number of ether oxygens (including phenoxy) is 2. The van der Waals surface area contributed by atoms with Crippen molar-refractivity contribution >= 4 is 23.7 Å². The molecule has 2 rings (SSSR count). The van der Waals surface area contributed by atoms with Crippen LogP contribution < -0.4 is 0 Å². The van der Waals surface area contributed by atoms with Gasteiger partial charge in [0, 0.05) is 16.6 Å². The Morgan fingerprint density at radius 2 is 1.89 bits per heavy atom. The molecule has 1 saturated carbocycles. The molecule has 4 nitrogen and oxygen atoms in total. The number of rotatable bonds is 6. The Labute approximate surface area is 167 Å². The molecule has 5 heteroatoms. The largest absolute Gasteiger partial charge is 0.469 e. The van der Waals surface area contributed by atoms with E-state index < -0.39 is 11.0 Å². The van der Waals surface area contributed by atoms with Gasteiger partial charge in [0.2, 0.25) is 0 Å². The minimum atomic E-state index is -0.570. The van der Waals surface area contributed by atoms with Crippen molar-refractivity contribution in [1.82, 2.24) is 0 Å².